The Labute approximate surface area is 208 Å². The first-order valence-electron chi connectivity index (χ1n) is 11.2. The number of anilines is 1. The van der Waals surface area contributed by atoms with Crippen LogP contribution in [-0.4, -0.2) is 52.6 Å². The fourth-order valence-corrected chi connectivity index (χ4v) is 5.44. The zero-order valence-electron chi connectivity index (χ0n) is 19.0. The van der Waals surface area contributed by atoms with Gasteiger partial charge in [0, 0.05) is 54.5 Å². The van der Waals surface area contributed by atoms with Gasteiger partial charge in [-0.1, -0.05) is 11.6 Å². The maximum atomic E-state index is 13.1. The smallest absolute Gasteiger partial charge is 0.197 e. The van der Waals surface area contributed by atoms with Crippen LogP contribution in [0.5, 0.6) is 11.5 Å². The van der Waals surface area contributed by atoms with Gasteiger partial charge in [-0.15, -0.1) is 12.4 Å². The molecule has 2 aliphatic rings. The number of aliphatic hydroxyl groups is 1. The fraction of sp³-hybridized carbons (Fsp3) is 0.400. The molecule has 7 nitrogen and oxygen atoms in total. The summed E-state index contributed by atoms with van der Waals surface area (Å²) in [5.41, 5.74) is 0.227. The van der Waals surface area contributed by atoms with Crippen molar-refractivity contribution in [3.8, 4) is 22.8 Å². The minimum absolute atomic E-state index is 0. The molecule has 0 amide bonds. The van der Waals surface area contributed by atoms with Crippen molar-refractivity contribution in [1.29, 1.82) is 0 Å². The van der Waals surface area contributed by atoms with Crippen molar-refractivity contribution in [3.63, 3.8) is 0 Å². The lowest BCUT2D eigenvalue weighted by atomic mass is 9.87. The highest BCUT2D eigenvalue weighted by atomic mass is 35.5. The van der Waals surface area contributed by atoms with Gasteiger partial charge in [0.25, 0.3) is 0 Å². The first-order chi connectivity index (χ1) is 15.7. The van der Waals surface area contributed by atoms with Gasteiger partial charge >= 0.3 is 0 Å². The second-order valence-electron chi connectivity index (χ2n) is 9.22. The minimum Gasteiger partial charge on any atom is -0.507 e. The van der Waals surface area contributed by atoms with Gasteiger partial charge in [0.1, 0.15) is 34.0 Å². The monoisotopic (exact) mass is 506 g/mol. The summed E-state index contributed by atoms with van der Waals surface area (Å²) in [6, 6.07) is 8.08. The van der Waals surface area contributed by atoms with Crippen molar-refractivity contribution in [3.05, 3.63) is 51.1 Å². The molecule has 2 atom stereocenters. The van der Waals surface area contributed by atoms with Crippen molar-refractivity contribution in [2.24, 2.45) is 0 Å². The molecule has 1 aromatic heterocycles. The standard InChI is InChI=1S/C25H27ClN2O5.ClH/c1-25(32)16(7-10-27(25)2)22-18(29)12-19(30)23-20(31)13-21(33-24(22)23)15-6-5-14(11-17(15)26)28-8-3-4-9-28;/h5-6,11-13,16,29-30,32H,3-4,7-10H2,1-2H3;1H. The number of nitrogens with zero attached hydrogens (tertiary/aromatic N) is 2. The number of aromatic hydroxyl groups is 2. The first kappa shape index (κ1) is 24.7. The van der Waals surface area contributed by atoms with Crippen molar-refractivity contribution < 1.29 is 19.7 Å². The molecular weight excluding hydrogens is 479 g/mol. The van der Waals surface area contributed by atoms with E-state index in [0.717, 1.165) is 37.7 Å². The molecule has 3 heterocycles. The van der Waals surface area contributed by atoms with Gasteiger partial charge in [-0.3, -0.25) is 9.69 Å². The van der Waals surface area contributed by atoms with Crippen LogP contribution in [0.1, 0.15) is 37.7 Å². The van der Waals surface area contributed by atoms with Crippen LogP contribution in [0.25, 0.3) is 22.3 Å². The van der Waals surface area contributed by atoms with Gasteiger partial charge < -0.3 is 24.6 Å². The van der Waals surface area contributed by atoms with E-state index in [1.165, 1.54) is 6.07 Å². The number of hydrogen-bond acceptors (Lipinski definition) is 7. The summed E-state index contributed by atoms with van der Waals surface area (Å²) >= 11 is 6.61. The number of phenols is 2. The summed E-state index contributed by atoms with van der Waals surface area (Å²) < 4.78 is 6.16. The quantitative estimate of drug-likeness (QED) is 0.474. The third kappa shape index (κ3) is 3.90. The van der Waals surface area contributed by atoms with E-state index in [2.05, 4.69) is 4.90 Å². The van der Waals surface area contributed by atoms with E-state index in [-0.39, 0.29) is 40.6 Å². The molecule has 9 heteroatoms. The fourth-order valence-electron chi connectivity index (χ4n) is 5.17. The van der Waals surface area contributed by atoms with Crippen molar-refractivity contribution >= 4 is 40.7 Å². The predicted molar refractivity (Wildman–Crippen MR) is 136 cm³/mol. The largest absolute Gasteiger partial charge is 0.507 e. The predicted octanol–water partition coefficient (Wildman–Crippen LogP) is 4.67. The number of phenolic OH excluding ortho intramolecular Hbond substituents is 2. The Hall–Kier alpha value is -2.45. The van der Waals surface area contributed by atoms with Gasteiger partial charge in [-0.2, -0.15) is 0 Å². The Kier molecular flexibility index (Phi) is 6.50. The van der Waals surface area contributed by atoms with Crippen molar-refractivity contribution in [2.75, 3.05) is 31.6 Å². The molecular formula is C25H28Cl2N2O5. The summed E-state index contributed by atoms with van der Waals surface area (Å²) in [5.74, 6) is -0.871. The van der Waals surface area contributed by atoms with E-state index in [9.17, 15) is 20.1 Å². The maximum Gasteiger partial charge on any atom is 0.197 e. The second-order valence-corrected chi connectivity index (χ2v) is 9.63. The van der Waals surface area contributed by atoms with Gasteiger partial charge in [0.15, 0.2) is 5.43 Å². The number of likely N-dealkylation sites (N-methyl/N-ethyl adjacent to an activating group) is 1. The molecule has 0 saturated carbocycles. The van der Waals surface area contributed by atoms with Crippen LogP contribution < -0.4 is 10.3 Å². The Balaban J connectivity index is 0.00000274. The van der Waals surface area contributed by atoms with E-state index in [0.29, 0.717) is 29.1 Å². The number of benzene rings is 2. The number of hydrogen-bond donors (Lipinski definition) is 3. The third-order valence-electron chi connectivity index (χ3n) is 7.22. The van der Waals surface area contributed by atoms with Crippen LogP contribution in [0.2, 0.25) is 5.02 Å². The van der Waals surface area contributed by atoms with E-state index >= 15 is 0 Å². The van der Waals surface area contributed by atoms with Gasteiger partial charge in [0.2, 0.25) is 0 Å². The maximum absolute atomic E-state index is 13.1. The summed E-state index contributed by atoms with van der Waals surface area (Å²) in [6.07, 6.45) is 2.85. The number of fused-ring (bicyclic) bond motifs is 1. The summed E-state index contributed by atoms with van der Waals surface area (Å²) in [5, 5.41) is 32.7. The Morgan fingerprint density at radius 2 is 1.79 bits per heavy atom. The molecule has 0 spiro atoms. The summed E-state index contributed by atoms with van der Waals surface area (Å²) in [6.45, 7) is 4.24. The van der Waals surface area contributed by atoms with Gasteiger partial charge in [-0.05, 0) is 51.4 Å². The molecule has 0 aliphatic carbocycles. The van der Waals surface area contributed by atoms with Crippen molar-refractivity contribution in [2.45, 2.75) is 37.8 Å². The van der Waals surface area contributed by atoms with Crippen LogP contribution in [0, 0.1) is 0 Å². The average Bonchev–Trinajstić information content (AvgIpc) is 3.37. The Bertz CT molecular complexity index is 1300. The second kappa shape index (κ2) is 8.96. The molecule has 2 fully saturated rings. The zero-order valence-corrected chi connectivity index (χ0v) is 20.6. The van der Waals surface area contributed by atoms with E-state index < -0.39 is 17.1 Å². The lowest BCUT2D eigenvalue weighted by Gasteiger charge is -2.32. The first-order valence-corrected chi connectivity index (χ1v) is 11.6. The zero-order chi connectivity index (χ0) is 23.5. The molecule has 182 valence electrons. The summed E-state index contributed by atoms with van der Waals surface area (Å²) in [4.78, 5) is 17.1. The van der Waals surface area contributed by atoms with Crippen LogP contribution in [0.3, 0.4) is 0 Å². The molecule has 5 rings (SSSR count). The molecule has 2 aliphatic heterocycles. The molecule has 0 bridgehead atoms. The van der Waals surface area contributed by atoms with Crippen molar-refractivity contribution in [1.82, 2.24) is 4.90 Å². The number of likely N-dealkylation sites (tertiary alicyclic amines) is 1. The molecule has 2 unspecified atom stereocenters. The molecule has 0 radical (unpaired) electrons. The lowest BCUT2D eigenvalue weighted by molar-refractivity contribution is -0.0627. The van der Waals surface area contributed by atoms with Gasteiger partial charge in [-0.25, -0.2) is 0 Å². The Morgan fingerprint density at radius 1 is 1.09 bits per heavy atom. The number of rotatable bonds is 3. The molecule has 3 aromatic rings. The SMILES string of the molecule is CN1CCC(c2c(O)cc(O)c3c(=O)cc(-c4ccc(N5CCCC5)cc4Cl)oc23)C1(C)O.Cl. The summed E-state index contributed by atoms with van der Waals surface area (Å²) in [7, 11) is 1.79. The lowest BCUT2D eigenvalue weighted by Crippen LogP contribution is -2.41. The highest BCUT2D eigenvalue weighted by molar-refractivity contribution is 6.33. The molecule has 34 heavy (non-hydrogen) atoms. The van der Waals surface area contributed by atoms with E-state index in [1.807, 2.05) is 18.2 Å². The average molecular weight is 507 g/mol. The van der Waals surface area contributed by atoms with Crippen LogP contribution in [0.4, 0.5) is 5.69 Å². The van der Waals surface area contributed by atoms with Gasteiger partial charge in [0.05, 0.1) is 5.02 Å². The van der Waals surface area contributed by atoms with E-state index in [1.54, 1.807) is 18.9 Å². The van der Waals surface area contributed by atoms with Crippen LogP contribution >= 0.6 is 24.0 Å². The molecule has 2 saturated heterocycles. The van der Waals surface area contributed by atoms with E-state index in [4.69, 9.17) is 16.0 Å². The Morgan fingerprint density at radius 3 is 2.41 bits per heavy atom. The third-order valence-corrected chi connectivity index (χ3v) is 7.53. The topological polar surface area (TPSA) is 97.4 Å². The highest BCUT2D eigenvalue weighted by Gasteiger charge is 2.45. The number of halogens is 2. The highest BCUT2D eigenvalue weighted by Crippen LogP contribution is 2.47. The molecule has 3 N–H and O–H groups in total. The van der Waals surface area contributed by atoms with Crippen LogP contribution in [0.15, 0.2) is 39.5 Å². The molecule has 2 aromatic carbocycles. The minimum atomic E-state index is -1.26. The normalized spacial score (nSPS) is 22.9. The van der Waals surface area contributed by atoms with Crippen LogP contribution in [-0.2, 0) is 0 Å².